The average Bonchev–Trinajstić information content (AvgIpc) is 3.22. The van der Waals surface area contributed by atoms with E-state index in [2.05, 4.69) is 5.32 Å². The number of ether oxygens (including phenoxy) is 2. The van der Waals surface area contributed by atoms with Gasteiger partial charge in [-0.15, -0.1) is 0 Å². The van der Waals surface area contributed by atoms with Crippen molar-refractivity contribution in [3.8, 4) is 5.75 Å². The number of carbonyl (C=O) groups is 3. The summed E-state index contributed by atoms with van der Waals surface area (Å²) in [5.74, 6) is -1.00. The van der Waals surface area contributed by atoms with Crippen molar-refractivity contribution >= 4 is 75.7 Å². The zero-order chi connectivity index (χ0) is 28.1. The second kappa shape index (κ2) is 10.3. The summed E-state index contributed by atoms with van der Waals surface area (Å²) < 4.78 is 11.4. The van der Waals surface area contributed by atoms with Gasteiger partial charge in [0.2, 0.25) is 11.8 Å². The van der Waals surface area contributed by atoms with Crippen molar-refractivity contribution in [1.29, 1.82) is 0 Å². The van der Waals surface area contributed by atoms with Crippen molar-refractivity contribution in [2.75, 3.05) is 26.3 Å². The summed E-state index contributed by atoms with van der Waals surface area (Å²) in [6.07, 6.45) is 0.373. The van der Waals surface area contributed by atoms with E-state index in [1.165, 1.54) is 17.0 Å². The Kier molecular flexibility index (Phi) is 7.31. The fourth-order valence-corrected chi connectivity index (χ4v) is 5.31. The number of nitrogens with one attached hydrogen (secondary N) is 1. The van der Waals surface area contributed by atoms with Gasteiger partial charge in [0.25, 0.3) is 5.91 Å². The molecule has 0 aliphatic carbocycles. The Morgan fingerprint density at radius 1 is 0.974 bits per heavy atom. The van der Waals surface area contributed by atoms with Crippen LogP contribution in [0.5, 0.6) is 5.75 Å². The van der Waals surface area contributed by atoms with Crippen molar-refractivity contribution in [3.05, 3.63) is 52.6 Å². The second-order valence-electron chi connectivity index (χ2n) is 10.0. The third kappa shape index (κ3) is 5.09. The Morgan fingerprint density at radius 2 is 1.64 bits per heavy atom. The smallest absolute Gasteiger partial charge is 0.255 e. The van der Waals surface area contributed by atoms with Crippen LogP contribution in [0.4, 0.5) is 0 Å². The fraction of sp³-hybridized carbons (Fsp3) is 0.400. The standard InChI is InChI=1S/C25H21B6N3O5/c26-17-11-16(18(27)10-15(17)24(28,29)33-6-8-38-9-7-33)25(30,31)39-20-3-1-2-13-14(20)12-34(23(13)37)19-4-5-21(35)32-22(19)36/h1-3,10-11,19H,4-9,12H2,(H,32,35,36). The van der Waals surface area contributed by atoms with Crippen molar-refractivity contribution in [2.24, 2.45) is 0 Å². The molecule has 8 nitrogen and oxygen atoms in total. The Bertz CT molecular complexity index is 1350. The number of benzene rings is 2. The number of morpholine rings is 1. The van der Waals surface area contributed by atoms with Crippen LogP contribution in [0.2, 0.25) is 0 Å². The molecule has 1 N–H and O–H groups in total. The summed E-state index contributed by atoms with van der Waals surface area (Å²) in [7, 11) is 38.5. The normalized spacial score (nSPS) is 20.6. The molecule has 3 aliphatic rings. The van der Waals surface area contributed by atoms with Crippen molar-refractivity contribution in [2.45, 2.75) is 36.2 Å². The van der Waals surface area contributed by atoms with Crippen LogP contribution in [0.15, 0.2) is 30.3 Å². The van der Waals surface area contributed by atoms with Crippen LogP contribution in [0.3, 0.4) is 0 Å². The van der Waals surface area contributed by atoms with Gasteiger partial charge < -0.3 is 19.3 Å². The molecule has 14 heteroatoms. The second-order valence-corrected chi connectivity index (χ2v) is 10.0. The first kappa shape index (κ1) is 27.7. The molecular weight excluding hydrogens is 487 g/mol. The maximum Gasteiger partial charge on any atom is 0.255 e. The molecule has 0 saturated carbocycles. The predicted octanol–water partition coefficient (Wildman–Crippen LogP) is -2.66. The molecule has 184 valence electrons. The molecule has 3 amide bonds. The van der Waals surface area contributed by atoms with Crippen molar-refractivity contribution in [1.82, 2.24) is 15.1 Å². The highest BCUT2D eigenvalue weighted by molar-refractivity contribution is 6.46. The van der Waals surface area contributed by atoms with Gasteiger partial charge in [0.15, 0.2) is 0 Å². The summed E-state index contributed by atoms with van der Waals surface area (Å²) in [5, 5.41) is -1.09. The monoisotopic (exact) mass is 509 g/mol. The lowest BCUT2D eigenvalue weighted by atomic mass is 9.52. The van der Waals surface area contributed by atoms with Crippen LogP contribution in [-0.4, -0.2) is 107 Å². The van der Waals surface area contributed by atoms with E-state index < -0.39 is 22.7 Å². The lowest BCUT2D eigenvalue weighted by molar-refractivity contribution is -0.136. The van der Waals surface area contributed by atoms with E-state index in [1.54, 1.807) is 18.2 Å². The van der Waals surface area contributed by atoms with Crippen LogP contribution in [0.25, 0.3) is 0 Å². The van der Waals surface area contributed by atoms with Crippen LogP contribution >= 0.6 is 0 Å². The van der Waals surface area contributed by atoms with Gasteiger partial charge in [0.05, 0.1) is 35.5 Å². The molecule has 2 saturated heterocycles. The minimum absolute atomic E-state index is 0.0751. The first-order valence-electron chi connectivity index (χ1n) is 12.5. The number of nitrogens with zero attached hydrogens (tertiary/aromatic N) is 2. The SMILES string of the molecule is [B]c1cc(C([B])([B])N2CCOCC2)c([B])cc1C([B])([B])Oc1cccc2c1CN(C1CCC(=O)NC1=O)C2=O. The van der Waals surface area contributed by atoms with E-state index in [-0.39, 0.29) is 53.4 Å². The first-order valence-corrected chi connectivity index (χ1v) is 12.5. The van der Waals surface area contributed by atoms with E-state index in [1.807, 2.05) is 4.90 Å². The maximum absolute atomic E-state index is 13.1. The Hall–Kier alpha value is -2.84. The highest BCUT2D eigenvalue weighted by Gasteiger charge is 2.41. The zero-order valence-electron chi connectivity index (χ0n) is 21.3. The molecule has 39 heavy (non-hydrogen) atoms. The Labute approximate surface area is 235 Å². The average molecular weight is 508 g/mol. The number of imide groups is 1. The molecule has 12 radical (unpaired) electrons. The van der Waals surface area contributed by atoms with Gasteiger partial charge in [-0.2, -0.15) is 0 Å². The van der Waals surface area contributed by atoms with Gasteiger partial charge in [0.1, 0.15) is 43.2 Å². The minimum Gasteiger partial charge on any atom is -0.502 e. The van der Waals surface area contributed by atoms with Crippen molar-refractivity contribution < 1.29 is 23.9 Å². The molecule has 2 fully saturated rings. The first-order chi connectivity index (χ1) is 18.4. The molecule has 0 aromatic heterocycles. The summed E-state index contributed by atoms with van der Waals surface area (Å²) in [4.78, 5) is 40.4. The molecular formula is C25H21B6N3O5. The predicted molar refractivity (Wildman–Crippen MR) is 149 cm³/mol. The quantitative estimate of drug-likeness (QED) is 0.339. The highest BCUT2D eigenvalue weighted by Crippen LogP contribution is 2.36. The van der Waals surface area contributed by atoms with E-state index >= 15 is 0 Å². The number of piperidine rings is 1. The topological polar surface area (TPSA) is 88.2 Å². The number of hydrogen-bond acceptors (Lipinski definition) is 6. The van der Waals surface area contributed by atoms with E-state index in [0.29, 0.717) is 43.0 Å². The molecule has 0 bridgehead atoms. The fourth-order valence-electron chi connectivity index (χ4n) is 5.31. The third-order valence-corrected chi connectivity index (χ3v) is 7.43. The van der Waals surface area contributed by atoms with E-state index in [0.717, 1.165) is 0 Å². The summed E-state index contributed by atoms with van der Waals surface area (Å²) in [5.41, 5.74) is 1.81. The lowest BCUT2D eigenvalue weighted by Crippen LogP contribution is -2.55. The van der Waals surface area contributed by atoms with Crippen LogP contribution in [0.1, 0.15) is 39.9 Å². The lowest BCUT2D eigenvalue weighted by Gasteiger charge is -2.44. The van der Waals surface area contributed by atoms with Crippen molar-refractivity contribution in [3.63, 3.8) is 0 Å². The molecule has 5 rings (SSSR count). The van der Waals surface area contributed by atoms with Gasteiger partial charge in [0, 0.05) is 36.0 Å². The maximum atomic E-state index is 13.1. The number of hydrogen-bond donors (Lipinski definition) is 1. The molecule has 2 aromatic rings. The molecule has 2 aromatic carbocycles. The van der Waals surface area contributed by atoms with Crippen LogP contribution < -0.4 is 21.0 Å². The Morgan fingerprint density at radius 3 is 2.33 bits per heavy atom. The zero-order valence-corrected chi connectivity index (χ0v) is 21.3. The molecule has 1 unspecified atom stereocenters. The number of rotatable bonds is 6. The summed E-state index contributed by atoms with van der Waals surface area (Å²) in [6, 6.07) is 7.09. The Balaban J connectivity index is 1.41. The highest BCUT2D eigenvalue weighted by atomic mass is 16.5. The van der Waals surface area contributed by atoms with E-state index in [9.17, 15) is 14.4 Å². The minimum atomic E-state index is -1.96. The molecule has 3 aliphatic heterocycles. The van der Waals surface area contributed by atoms with Crippen LogP contribution in [-0.2, 0) is 31.6 Å². The molecule has 1 atom stereocenters. The number of carbonyl (C=O) groups excluding carboxylic acids is 3. The summed E-state index contributed by atoms with van der Waals surface area (Å²) >= 11 is 0. The number of amides is 3. The molecule has 0 spiro atoms. The summed E-state index contributed by atoms with van der Waals surface area (Å²) in [6.45, 7) is 2.07. The number of fused-ring (bicyclic) bond motifs is 1. The van der Waals surface area contributed by atoms with Gasteiger partial charge in [-0.25, -0.2) is 0 Å². The van der Waals surface area contributed by atoms with Crippen LogP contribution in [0, 0.1) is 0 Å². The molecule has 3 heterocycles. The largest absolute Gasteiger partial charge is 0.502 e. The van der Waals surface area contributed by atoms with Gasteiger partial charge in [-0.1, -0.05) is 34.7 Å². The third-order valence-electron chi connectivity index (χ3n) is 7.43. The van der Waals surface area contributed by atoms with E-state index in [4.69, 9.17) is 56.6 Å². The van der Waals surface area contributed by atoms with Gasteiger partial charge in [-0.05, 0) is 29.5 Å². The van der Waals surface area contributed by atoms with Gasteiger partial charge in [-0.3, -0.25) is 19.7 Å². The van der Waals surface area contributed by atoms with Gasteiger partial charge >= 0.3 is 0 Å².